The van der Waals surface area contributed by atoms with Crippen molar-refractivity contribution in [1.29, 1.82) is 0 Å². The smallest absolute Gasteiger partial charge is 0.0629 e. The Kier molecular flexibility index (Phi) is 3.44. The zero-order valence-electron chi connectivity index (χ0n) is 8.16. The highest BCUT2D eigenvalue weighted by Gasteiger charge is 2.20. The lowest BCUT2D eigenvalue weighted by Crippen LogP contribution is -2.27. The van der Waals surface area contributed by atoms with Gasteiger partial charge in [0, 0.05) is 12.0 Å². The van der Waals surface area contributed by atoms with Gasteiger partial charge in [-0.3, -0.25) is 0 Å². The highest BCUT2D eigenvalue weighted by Crippen LogP contribution is 2.21. The first-order valence-corrected chi connectivity index (χ1v) is 5.58. The van der Waals surface area contributed by atoms with Crippen LogP contribution >= 0.6 is 11.6 Å². The summed E-state index contributed by atoms with van der Waals surface area (Å²) in [5.74, 6) is 0. The fourth-order valence-electron chi connectivity index (χ4n) is 1.85. The van der Waals surface area contributed by atoms with E-state index >= 15 is 0 Å². The second-order valence-electron chi connectivity index (χ2n) is 3.80. The molecule has 1 nitrogen and oxygen atoms in total. The summed E-state index contributed by atoms with van der Waals surface area (Å²) in [6.07, 6.45) is 3.28. The standard InChI is InChI=1S/C12H15ClO/c13-11-6-7-14-12(9-11)8-10-4-2-1-3-5-10/h1-5,11-12H,6-9H2/t11-,12-/m0/s1. The molecule has 0 saturated carbocycles. The van der Waals surface area contributed by atoms with Crippen LogP contribution in [0.3, 0.4) is 0 Å². The Morgan fingerprint density at radius 2 is 2.07 bits per heavy atom. The lowest BCUT2D eigenvalue weighted by molar-refractivity contribution is 0.0187. The molecule has 0 unspecified atom stereocenters. The van der Waals surface area contributed by atoms with Crippen LogP contribution in [0.2, 0.25) is 0 Å². The summed E-state index contributed by atoms with van der Waals surface area (Å²) in [4.78, 5) is 0. The van der Waals surface area contributed by atoms with Gasteiger partial charge in [0.1, 0.15) is 0 Å². The molecule has 2 heteroatoms. The maximum Gasteiger partial charge on any atom is 0.0629 e. The van der Waals surface area contributed by atoms with Gasteiger partial charge in [0.15, 0.2) is 0 Å². The number of benzene rings is 1. The Morgan fingerprint density at radius 3 is 2.79 bits per heavy atom. The molecule has 2 rings (SSSR count). The molecule has 0 bridgehead atoms. The Hall–Kier alpha value is -0.530. The third-order valence-electron chi connectivity index (χ3n) is 2.61. The molecule has 0 amide bonds. The van der Waals surface area contributed by atoms with Gasteiger partial charge in [-0.05, 0) is 24.8 Å². The lowest BCUT2D eigenvalue weighted by atomic mass is 10.0. The zero-order chi connectivity index (χ0) is 9.80. The van der Waals surface area contributed by atoms with Gasteiger partial charge in [-0.25, -0.2) is 0 Å². The average molecular weight is 211 g/mol. The van der Waals surface area contributed by atoms with Crippen molar-refractivity contribution in [2.24, 2.45) is 0 Å². The molecule has 0 spiro atoms. The summed E-state index contributed by atoms with van der Waals surface area (Å²) in [6, 6.07) is 10.4. The molecule has 1 aliphatic heterocycles. The molecule has 14 heavy (non-hydrogen) atoms. The number of alkyl halides is 1. The highest BCUT2D eigenvalue weighted by molar-refractivity contribution is 6.20. The molecule has 0 aromatic heterocycles. The van der Waals surface area contributed by atoms with E-state index in [-0.39, 0.29) is 0 Å². The third-order valence-corrected chi connectivity index (χ3v) is 3.01. The largest absolute Gasteiger partial charge is 0.378 e. The van der Waals surface area contributed by atoms with E-state index in [0.717, 1.165) is 25.9 Å². The molecule has 1 saturated heterocycles. The van der Waals surface area contributed by atoms with E-state index < -0.39 is 0 Å². The van der Waals surface area contributed by atoms with E-state index in [0.29, 0.717) is 11.5 Å². The van der Waals surface area contributed by atoms with Crippen molar-refractivity contribution in [3.8, 4) is 0 Å². The number of hydrogen-bond acceptors (Lipinski definition) is 1. The predicted octanol–water partition coefficient (Wildman–Crippen LogP) is 3.02. The van der Waals surface area contributed by atoms with Gasteiger partial charge >= 0.3 is 0 Å². The highest BCUT2D eigenvalue weighted by atomic mass is 35.5. The van der Waals surface area contributed by atoms with Crippen molar-refractivity contribution in [3.63, 3.8) is 0 Å². The van der Waals surface area contributed by atoms with Crippen LogP contribution in [0.25, 0.3) is 0 Å². The maximum absolute atomic E-state index is 6.10. The van der Waals surface area contributed by atoms with E-state index in [1.165, 1.54) is 5.56 Å². The molecule has 1 fully saturated rings. The summed E-state index contributed by atoms with van der Waals surface area (Å²) < 4.78 is 5.67. The minimum Gasteiger partial charge on any atom is -0.378 e. The summed E-state index contributed by atoms with van der Waals surface area (Å²) in [5, 5.41) is 0.303. The molecule has 1 aromatic carbocycles. The van der Waals surface area contributed by atoms with E-state index in [4.69, 9.17) is 16.3 Å². The first kappa shape index (κ1) is 10.0. The quantitative estimate of drug-likeness (QED) is 0.682. The summed E-state index contributed by atoms with van der Waals surface area (Å²) in [5.41, 5.74) is 1.34. The summed E-state index contributed by atoms with van der Waals surface area (Å²) in [6.45, 7) is 0.811. The van der Waals surface area contributed by atoms with Crippen LogP contribution in [-0.2, 0) is 11.2 Å². The average Bonchev–Trinajstić information content (AvgIpc) is 2.19. The number of rotatable bonds is 2. The number of hydrogen-bond donors (Lipinski definition) is 0. The molecule has 0 aliphatic carbocycles. The molecule has 1 aromatic rings. The van der Waals surface area contributed by atoms with E-state index in [9.17, 15) is 0 Å². The van der Waals surface area contributed by atoms with Crippen molar-refractivity contribution < 1.29 is 4.74 Å². The van der Waals surface area contributed by atoms with Gasteiger partial charge in [0.25, 0.3) is 0 Å². The van der Waals surface area contributed by atoms with Crippen LogP contribution in [0.1, 0.15) is 18.4 Å². The number of ether oxygens (including phenoxy) is 1. The second-order valence-corrected chi connectivity index (χ2v) is 4.42. The summed E-state index contributed by atoms with van der Waals surface area (Å²) >= 11 is 6.10. The van der Waals surface area contributed by atoms with Crippen molar-refractivity contribution in [3.05, 3.63) is 35.9 Å². The van der Waals surface area contributed by atoms with E-state index in [2.05, 4.69) is 24.3 Å². The second kappa shape index (κ2) is 4.81. The van der Waals surface area contributed by atoms with Crippen molar-refractivity contribution >= 4 is 11.6 Å². The van der Waals surface area contributed by atoms with Crippen LogP contribution in [0.5, 0.6) is 0 Å². The van der Waals surface area contributed by atoms with E-state index in [1.807, 2.05) is 6.07 Å². The molecule has 1 heterocycles. The minimum absolute atomic E-state index is 0.303. The van der Waals surface area contributed by atoms with Crippen LogP contribution in [-0.4, -0.2) is 18.1 Å². The Balaban J connectivity index is 1.91. The predicted molar refractivity (Wildman–Crippen MR) is 58.8 cm³/mol. The molecule has 2 atom stereocenters. The molecule has 0 N–H and O–H groups in total. The molecular formula is C12H15ClO. The fourth-order valence-corrected chi connectivity index (χ4v) is 2.14. The van der Waals surface area contributed by atoms with Crippen molar-refractivity contribution in [2.75, 3.05) is 6.61 Å². The minimum atomic E-state index is 0.303. The van der Waals surface area contributed by atoms with Gasteiger partial charge in [0.05, 0.1) is 6.10 Å². The Bertz CT molecular complexity index is 273. The van der Waals surface area contributed by atoms with Gasteiger partial charge < -0.3 is 4.74 Å². The fraction of sp³-hybridized carbons (Fsp3) is 0.500. The third kappa shape index (κ3) is 2.73. The molecule has 76 valence electrons. The maximum atomic E-state index is 6.10. The molecule has 0 radical (unpaired) electrons. The number of halogens is 1. The Morgan fingerprint density at radius 1 is 1.29 bits per heavy atom. The first-order chi connectivity index (χ1) is 6.84. The van der Waals surface area contributed by atoms with Crippen LogP contribution in [0.15, 0.2) is 30.3 Å². The van der Waals surface area contributed by atoms with Crippen LogP contribution in [0, 0.1) is 0 Å². The SMILES string of the molecule is Cl[C@H]1CCO[C@@H](Cc2ccccc2)C1. The lowest BCUT2D eigenvalue weighted by Gasteiger charge is -2.26. The van der Waals surface area contributed by atoms with Crippen molar-refractivity contribution in [2.45, 2.75) is 30.7 Å². The van der Waals surface area contributed by atoms with Gasteiger partial charge in [-0.1, -0.05) is 30.3 Å². The van der Waals surface area contributed by atoms with Gasteiger partial charge in [0.2, 0.25) is 0 Å². The van der Waals surface area contributed by atoms with Gasteiger partial charge in [-0.2, -0.15) is 0 Å². The first-order valence-electron chi connectivity index (χ1n) is 5.14. The zero-order valence-corrected chi connectivity index (χ0v) is 8.91. The monoisotopic (exact) mass is 210 g/mol. The van der Waals surface area contributed by atoms with Crippen LogP contribution < -0.4 is 0 Å². The van der Waals surface area contributed by atoms with Crippen LogP contribution in [0.4, 0.5) is 0 Å². The molecular weight excluding hydrogens is 196 g/mol. The van der Waals surface area contributed by atoms with E-state index in [1.54, 1.807) is 0 Å². The normalized spacial score (nSPS) is 27.5. The van der Waals surface area contributed by atoms with Crippen molar-refractivity contribution in [1.82, 2.24) is 0 Å². The Labute approximate surface area is 90.0 Å². The topological polar surface area (TPSA) is 9.23 Å². The molecule has 1 aliphatic rings. The van der Waals surface area contributed by atoms with Gasteiger partial charge in [-0.15, -0.1) is 11.6 Å². The summed E-state index contributed by atoms with van der Waals surface area (Å²) in [7, 11) is 0.